The molecule has 0 aliphatic carbocycles. The first kappa shape index (κ1) is 13.5. The first-order valence-electron chi connectivity index (χ1n) is 4.91. The van der Waals surface area contributed by atoms with E-state index in [2.05, 4.69) is 21.2 Å². The van der Waals surface area contributed by atoms with Gasteiger partial charge >= 0.3 is 5.97 Å². The summed E-state index contributed by atoms with van der Waals surface area (Å²) < 4.78 is 0.493. The third-order valence-electron chi connectivity index (χ3n) is 2.07. The van der Waals surface area contributed by atoms with Crippen molar-refractivity contribution in [1.29, 1.82) is 0 Å². The number of benzene rings is 1. The Morgan fingerprint density at radius 3 is 2.65 bits per heavy atom. The second-order valence-corrected chi connectivity index (χ2v) is 4.49. The van der Waals surface area contributed by atoms with Crippen LogP contribution in [0.2, 0.25) is 0 Å². The Bertz CT molecular complexity index is 447. The number of rotatable bonds is 4. The van der Waals surface area contributed by atoms with Crippen molar-refractivity contribution in [2.75, 3.05) is 0 Å². The van der Waals surface area contributed by atoms with Gasteiger partial charge in [0.05, 0.1) is 10.9 Å². The molecule has 0 bridgehead atoms. The van der Waals surface area contributed by atoms with Crippen molar-refractivity contribution >= 4 is 27.8 Å². The van der Waals surface area contributed by atoms with Gasteiger partial charge in [0.15, 0.2) is 0 Å². The fourth-order valence-electron chi connectivity index (χ4n) is 1.27. The van der Waals surface area contributed by atoms with Crippen LogP contribution in [-0.4, -0.2) is 28.1 Å². The van der Waals surface area contributed by atoms with Gasteiger partial charge in [0.1, 0.15) is 5.75 Å². The number of amides is 1. The summed E-state index contributed by atoms with van der Waals surface area (Å²) in [7, 11) is 0. The third-order valence-corrected chi connectivity index (χ3v) is 2.74. The molecule has 17 heavy (non-hydrogen) atoms. The number of carbonyl (C=O) groups excluding carboxylic acids is 1. The van der Waals surface area contributed by atoms with Crippen LogP contribution in [0.1, 0.15) is 23.7 Å². The van der Waals surface area contributed by atoms with Gasteiger partial charge in [0.2, 0.25) is 0 Å². The van der Waals surface area contributed by atoms with Crippen molar-refractivity contribution in [3.63, 3.8) is 0 Å². The summed E-state index contributed by atoms with van der Waals surface area (Å²) >= 11 is 3.10. The Labute approximate surface area is 107 Å². The summed E-state index contributed by atoms with van der Waals surface area (Å²) in [6, 6.07) is 3.93. The van der Waals surface area contributed by atoms with E-state index in [0.29, 0.717) is 4.47 Å². The molecule has 1 atom stereocenters. The van der Waals surface area contributed by atoms with Crippen LogP contribution in [0.4, 0.5) is 0 Å². The van der Waals surface area contributed by atoms with E-state index < -0.39 is 17.9 Å². The number of phenols is 1. The normalized spacial score (nSPS) is 11.9. The summed E-state index contributed by atoms with van der Waals surface area (Å²) in [6.07, 6.45) is -0.145. The molecule has 6 heteroatoms. The average molecular weight is 302 g/mol. The molecule has 0 saturated heterocycles. The lowest BCUT2D eigenvalue weighted by molar-refractivity contribution is -0.137. The molecule has 5 nitrogen and oxygen atoms in total. The molecule has 1 aromatic rings. The fourth-order valence-corrected chi connectivity index (χ4v) is 1.52. The van der Waals surface area contributed by atoms with Crippen molar-refractivity contribution in [2.45, 2.75) is 19.4 Å². The van der Waals surface area contributed by atoms with Crippen molar-refractivity contribution in [1.82, 2.24) is 5.32 Å². The van der Waals surface area contributed by atoms with Gasteiger partial charge in [-0.25, -0.2) is 0 Å². The predicted molar refractivity (Wildman–Crippen MR) is 65.0 cm³/mol. The lowest BCUT2D eigenvalue weighted by Crippen LogP contribution is -2.34. The van der Waals surface area contributed by atoms with E-state index in [1.54, 1.807) is 13.0 Å². The lowest BCUT2D eigenvalue weighted by atomic mass is 10.1. The molecule has 0 aromatic heterocycles. The Morgan fingerprint density at radius 2 is 2.12 bits per heavy atom. The van der Waals surface area contributed by atoms with Crippen molar-refractivity contribution in [3.05, 3.63) is 28.2 Å². The van der Waals surface area contributed by atoms with E-state index >= 15 is 0 Å². The van der Waals surface area contributed by atoms with Gasteiger partial charge < -0.3 is 15.5 Å². The zero-order valence-corrected chi connectivity index (χ0v) is 10.7. The largest absolute Gasteiger partial charge is 0.507 e. The predicted octanol–water partition coefficient (Wildman–Crippen LogP) is 1.75. The minimum atomic E-state index is -0.976. The van der Waals surface area contributed by atoms with Crippen LogP contribution in [0, 0.1) is 0 Å². The molecule has 1 rings (SSSR count). The first-order chi connectivity index (χ1) is 7.90. The highest BCUT2D eigenvalue weighted by Crippen LogP contribution is 2.24. The van der Waals surface area contributed by atoms with Crippen LogP contribution < -0.4 is 5.32 Å². The van der Waals surface area contributed by atoms with Crippen LogP contribution in [0.3, 0.4) is 0 Å². The van der Waals surface area contributed by atoms with Crippen molar-refractivity contribution < 1.29 is 19.8 Å². The highest BCUT2D eigenvalue weighted by molar-refractivity contribution is 9.10. The maximum absolute atomic E-state index is 11.7. The Kier molecular flexibility index (Phi) is 4.51. The molecule has 0 saturated carbocycles. The van der Waals surface area contributed by atoms with Gasteiger partial charge in [0.25, 0.3) is 5.91 Å². The zero-order valence-electron chi connectivity index (χ0n) is 9.11. The van der Waals surface area contributed by atoms with Gasteiger partial charge in [-0.3, -0.25) is 9.59 Å². The van der Waals surface area contributed by atoms with E-state index in [1.165, 1.54) is 12.1 Å². The number of hydrogen-bond donors (Lipinski definition) is 3. The molecule has 92 valence electrons. The quantitative estimate of drug-likeness (QED) is 0.791. The van der Waals surface area contributed by atoms with Crippen LogP contribution >= 0.6 is 15.9 Å². The van der Waals surface area contributed by atoms with Gasteiger partial charge in [-0.2, -0.15) is 0 Å². The molecular weight excluding hydrogens is 290 g/mol. The maximum atomic E-state index is 11.7. The number of carbonyl (C=O) groups is 2. The molecule has 0 spiro atoms. The number of phenolic OH excluding ortho intramolecular Hbond substituents is 1. The molecule has 0 heterocycles. The zero-order chi connectivity index (χ0) is 13.0. The highest BCUT2D eigenvalue weighted by atomic mass is 79.9. The molecule has 0 radical (unpaired) electrons. The molecule has 0 aliphatic rings. The number of nitrogens with one attached hydrogen (secondary N) is 1. The van der Waals surface area contributed by atoms with Crippen molar-refractivity contribution in [2.24, 2.45) is 0 Å². The number of hydrogen-bond acceptors (Lipinski definition) is 3. The molecule has 3 N–H and O–H groups in total. The lowest BCUT2D eigenvalue weighted by Gasteiger charge is -2.11. The average Bonchev–Trinajstić information content (AvgIpc) is 2.20. The summed E-state index contributed by atoms with van der Waals surface area (Å²) in [5.41, 5.74) is 0.280. The fraction of sp³-hybridized carbons (Fsp3) is 0.273. The van der Waals surface area contributed by atoms with E-state index in [4.69, 9.17) is 5.11 Å². The standard InChI is InChI=1S/C11H12BrNO4/c1-6(4-10(15)16)13-11(17)7-2-3-8(12)9(14)5-7/h2-3,5-6,14H,4H2,1H3,(H,13,17)(H,15,16). The molecule has 1 unspecified atom stereocenters. The van der Waals surface area contributed by atoms with Crippen LogP contribution in [-0.2, 0) is 4.79 Å². The van der Waals surface area contributed by atoms with Gasteiger partial charge in [-0.1, -0.05) is 0 Å². The van der Waals surface area contributed by atoms with E-state index in [1.807, 2.05) is 0 Å². The minimum Gasteiger partial charge on any atom is -0.507 e. The van der Waals surface area contributed by atoms with Gasteiger partial charge in [-0.05, 0) is 41.1 Å². The van der Waals surface area contributed by atoms with Crippen LogP contribution in [0.25, 0.3) is 0 Å². The SMILES string of the molecule is CC(CC(=O)O)NC(=O)c1ccc(Br)c(O)c1. The number of carboxylic acid groups (broad SMARTS) is 1. The first-order valence-corrected chi connectivity index (χ1v) is 5.70. The van der Waals surface area contributed by atoms with E-state index in [9.17, 15) is 14.7 Å². The molecule has 1 amide bonds. The smallest absolute Gasteiger partial charge is 0.305 e. The topological polar surface area (TPSA) is 86.6 Å². The Balaban J connectivity index is 2.70. The van der Waals surface area contributed by atoms with Gasteiger partial charge in [-0.15, -0.1) is 0 Å². The van der Waals surface area contributed by atoms with Crippen LogP contribution in [0.5, 0.6) is 5.75 Å². The summed E-state index contributed by atoms with van der Waals surface area (Å²) in [5, 5.41) is 20.5. The molecular formula is C11H12BrNO4. The van der Waals surface area contributed by atoms with Crippen LogP contribution in [0.15, 0.2) is 22.7 Å². The Hall–Kier alpha value is -1.56. The second-order valence-electron chi connectivity index (χ2n) is 3.64. The molecule has 1 aromatic carbocycles. The maximum Gasteiger partial charge on any atom is 0.305 e. The highest BCUT2D eigenvalue weighted by Gasteiger charge is 2.13. The summed E-state index contributed by atoms with van der Waals surface area (Å²) in [4.78, 5) is 22.1. The van der Waals surface area contributed by atoms with E-state index in [0.717, 1.165) is 0 Å². The number of halogens is 1. The Morgan fingerprint density at radius 1 is 1.47 bits per heavy atom. The number of aromatic hydroxyl groups is 1. The molecule has 0 fully saturated rings. The second kappa shape index (κ2) is 5.67. The summed E-state index contributed by atoms with van der Waals surface area (Å²) in [6.45, 7) is 1.60. The minimum absolute atomic E-state index is 0.0384. The summed E-state index contributed by atoms with van der Waals surface area (Å²) in [5.74, 6) is -1.43. The molecule has 0 aliphatic heterocycles. The number of carboxylic acids is 1. The monoisotopic (exact) mass is 301 g/mol. The van der Waals surface area contributed by atoms with E-state index in [-0.39, 0.29) is 17.7 Å². The number of aliphatic carboxylic acids is 1. The third kappa shape index (κ3) is 4.07. The van der Waals surface area contributed by atoms with Gasteiger partial charge in [0, 0.05) is 11.6 Å². The van der Waals surface area contributed by atoms with Crippen molar-refractivity contribution in [3.8, 4) is 5.75 Å².